The first-order valence-electron chi connectivity index (χ1n) is 6.66. The summed E-state index contributed by atoms with van der Waals surface area (Å²) in [4.78, 5) is 0. The number of benzene rings is 2. The molecule has 1 atom stereocenters. The fourth-order valence-corrected chi connectivity index (χ4v) is 2.68. The number of aryl methyl sites for hydroxylation is 1. The summed E-state index contributed by atoms with van der Waals surface area (Å²) in [6.45, 7) is 4.15. The van der Waals surface area contributed by atoms with E-state index in [9.17, 15) is 4.39 Å². The van der Waals surface area contributed by atoms with Gasteiger partial charge < -0.3 is 0 Å². The molecule has 2 aromatic rings. The first kappa shape index (κ1) is 14.1. The SMILES string of the molecule is CCCc1ccc([C@@H](C)c2c(F)cccc2Cl)cc1. The molecule has 0 heterocycles. The van der Waals surface area contributed by atoms with Gasteiger partial charge in [-0.05, 0) is 29.7 Å². The zero-order chi connectivity index (χ0) is 13.8. The van der Waals surface area contributed by atoms with Crippen LogP contribution in [0.5, 0.6) is 0 Å². The first-order chi connectivity index (χ1) is 9.13. The highest BCUT2D eigenvalue weighted by molar-refractivity contribution is 6.31. The number of hydrogen-bond acceptors (Lipinski definition) is 0. The van der Waals surface area contributed by atoms with E-state index < -0.39 is 0 Å². The van der Waals surface area contributed by atoms with Crippen LogP contribution in [0.1, 0.15) is 42.9 Å². The molecule has 2 rings (SSSR count). The van der Waals surface area contributed by atoms with Gasteiger partial charge in [-0.2, -0.15) is 0 Å². The third kappa shape index (κ3) is 3.16. The molecule has 0 fully saturated rings. The highest BCUT2D eigenvalue weighted by Crippen LogP contribution is 2.32. The van der Waals surface area contributed by atoms with Gasteiger partial charge in [-0.25, -0.2) is 4.39 Å². The summed E-state index contributed by atoms with van der Waals surface area (Å²) < 4.78 is 13.9. The van der Waals surface area contributed by atoms with Crippen molar-refractivity contribution in [3.8, 4) is 0 Å². The maximum Gasteiger partial charge on any atom is 0.128 e. The van der Waals surface area contributed by atoms with Crippen LogP contribution in [-0.2, 0) is 6.42 Å². The van der Waals surface area contributed by atoms with Crippen molar-refractivity contribution in [3.63, 3.8) is 0 Å². The van der Waals surface area contributed by atoms with Gasteiger partial charge in [0.2, 0.25) is 0 Å². The van der Waals surface area contributed by atoms with Gasteiger partial charge >= 0.3 is 0 Å². The van der Waals surface area contributed by atoms with E-state index in [1.807, 2.05) is 6.92 Å². The van der Waals surface area contributed by atoms with E-state index in [1.54, 1.807) is 12.1 Å². The number of halogens is 2. The van der Waals surface area contributed by atoms with E-state index >= 15 is 0 Å². The highest BCUT2D eigenvalue weighted by Gasteiger charge is 2.16. The maximum atomic E-state index is 13.9. The largest absolute Gasteiger partial charge is 0.207 e. The minimum atomic E-state index is -0.238. The lowest BCUT2D eigenvalue weighted by molar-refractivity contribution is 0.603. The van der Waals surface area contributed by atoms with Crippen LogP contribution in [0.4, 0.5) is 4.39 Å². The van der Waals surface area contributed by atoms with Gasteiger partial charge in [0.25, 0.3) is 0 Å². The Labute approximate surface area is 119 Å². The summed E-state index contributed by atoms with van der Waals surface area (Å²) in [5.74, 6) is -0.276. The van der Waals surface area contributed by atoms with Crippen molar-refractivity contribution in [2.75, 3.05) is 0 Å². The fraction of sp³-hybridized carbons (Fsp3) is 0.294. The van der Waals surface area contributed by atoms with Crippen LogP contribution in [0.25, 0.3) is 0 Å². The van der Waals surface area contributed by atoms with Crippen LogP contribution in [-0.4, -0.2) is 0 Å². The second-order valence-corrected chi connectivity index (χ2v) is 5.26. The van der Waals surface area contributed by atoms with E-state index in [0.29, 0.717) is 10.6 Å². The Morgan fingerprint density at radius 2 is 1.79 bits per heavy atom. The smallest absolute Gasteiger partial charge is 0.128 e. The molecule has 100 valence electrons. The topological polar surface area (TPSA) is 0 Å². The van der Waals surface area contributed by atoms with Crippen molar-refractivity contribution in [2.45, 2.75) is 32.6 Å². The summed E-state index contributed by atoms with van der Waals surface area (Å²) in [5.41, 5.74) is 2.98. The van der Waals surface area contributed by atoms with Gasteiger partial charge in [0, 0.05) is 16.5 Å². The molecular weight excluding hydrogens is 259 g/mol. The minimum Gasteiger partial charge on any atom is -0.207 e. The Morgan fingerprint density at radius 1 is 1.11 bits per heavy atom. The van der Waals surface area contributed by atoms with Crippen LogP contribution < -0.4 is 0 Å². The molecular formula is C17H18ClF. The average Bonchev–Trinajstić information content (AvgIpc) is 2.39. The Bertz CT molecular complexity index is 525. The molecule has 0 saturated carbocycles. The molecule has 2 heteroatoms. The second-order valence-electron chi connectivity index (χ2n) is 4.85. The van der Waals surface area contributed by atoms with Crippen LogP contribution >= 0.6 is 11.6 Å². The maximum absolute atomic E-state index is 13.9. The van der Waals surface area contributed by atoms with Crippen molar-refractivity contribution < 1.29 is 4.39 Å². The first-order valence-corrected chi connectivity index (χ1v) is 7.04. The summed E-state index contributed by atoms with van der Waals surface area (Å²) >= 11 is 6.12. The normalized spacial score (nSPS) is 12.4. The third-order valence-corrected chi connectivity index (χ3v) is 3.78. The van der Waals surface area contributed by atoms with Gasteiger partial charge in [0.05, 0.1) is 0 Å². The molecule has 0 saturated heterocycles. The van der Waals surface area contributed by atoms with E-state index in [4.69, 9.17) is 11.6 Å². The predicted molar refractivity (Wildman–Crippen MR) is 79.4 cm³/mol. The second kappa shape index (κ2) is 6.21. The summed E-state index contributed by atoms with van der Waals surface area (Å²) in [7, 11) is 0. The molecule has 0 amide bonds. The molecule has 0 spiro atoms. The highest BCUT2D eigenvalue weighted by atomic mass is 35.5. The van der Waals surface area contributed by atoms with Crippen molar-refractivity contribution in [3.05, 3.63) is 70.0 Å². The number of hydrogen-bond donors (Lipinski definition) is 0. The summed E-state index contributed by atoms with van der Waals surface area (Å²) in [6, 6.07) is 13.2. The molecule has 0 nitrogen and oxygen atoms in total. The minimum absolute atomic E-state index is 0.0376. The lowest BCUT2D eigenvalue weighted by Gasteiger charge is -2.15. The van der Waals surface area contributed by atoms with Gasteiger partial charge in [-0.15, -0.1) is 0 Å². The Hall–Kier alpha value is -1.34. The van der Waals surface area contributed by atoms with Gasteiger partial charge in [-0.3, -0.25) is 0 Å². The fourth-order valence-electron chi connectivity index (χ4n) is 2.35. The van der Waals surface area contributed by atoms with Crippen molar-refractivity contribution in [1.82, 2.24) is 0 Å². The molecule has 0 aliphatic carbocycles. The average molecular weight is 277 g/mol. The quantitative estimate of drug-likeness (QED) is 0.683. The van der Waals surface area contributed by atoms with E-state index in [1.165, 1.54) is 11.6 Å². The Kier molecular flexibility index (Phi) is 4.60. The zero-order valence-corrected chi connectivity index (χ0v) is 12.0. The molecule has 0 aromatic heterocycles. The van der Waals surface area contributed by atoms with Crippen molar-refractivity contribution in [2.24, 2.45) is 0 Å². The molecule has 0 unspecified atom stereocenters. The van der Waals surface area contributed by atoms with Gasteiger partial charge in [0.1, 0.15) is 5.82 Å². The van der Waals surface area contributed by atoms with E-state index in [0.717, 1.165) is 18.4 Å². The summed E-state index contributed by atoms with van der Waals surface area (Å²) in [6.07, 6.45) is 2.21. The lowest BCUT2D eigenvalue weighted by atomic mass is 9.91. The molecule has 2 aromatic carbocycles. The van der Waals surface area contributed by atoms with E-state index in [-0.39, 0.29) is 11.7 Å². The Morgan fingerprint density at radius 3 is 2.37 bits per heavy atom. The van der Waals surface area contributed by atoms with Crippen LogP contribution in [0, 0.1) is 5.82 Å². The van der Waals surface area contributed by atoms with Gasteiger partial charge in [-0.1, -0.05) is 62.2 Å². The van der Waals surface area contributed by atoms with E-state index in [2.05, 4.69) is 31.2 Å². The third-order valence-electron chi connectivity index (χ3n) is 3.45. The van der Waals surface area contributed by atoms with Crippen LogP contribution in [0.15, 0.2) is 42.5 Å². The standard InChI is InChI=1S/C17H18ClF/c1-3-5-13-8-10-14(11-9-13)12(2)17-15(18)6-4-7-16(17)19/h4,6-12H,3,5H2,1-2H3/t12-/m1/s1. The predicted octanol–water partition coefficient (Wildman–Crippen LogP) is 5.58. The van der Waals surface area contributed by atoms with Crippen LogP contribution in [0.2, 0.25) is 5.02 Å². The molecule has 19 heavy (non-hydrogen) atoms. The molecule has 0 radical (unpaired) electrons. The van der Waals surface area contributed by atoms with Crippen molar-refractivity contribution in [1.29, 1.82) is 0 Å². The molecule has 0 N–H and O–H groups in total. The Balaban J connectivity index is 2.31. The molecule has 0 aliphatic heterocycles. The van der Waals surface area contributed by atoms with Crippen molar-refractivity contribution >= 4 is 11.6 Å². The molecule has 0 aliphatic rings. The molecule has 0 bridgehead atoms. The summed E-state index contributed by atoms with van der Waals surface area (Å²) in [5, 5.41) is 0.491. The lowest BCUT2D eigenvalue weighted by Crippen LogP contribution is -2.00. The monoisotopic (exact) mass is 276 g/mol. The van der Waals surface area contributed by atoms with Crippen LogP contribution in [0.3, 0.4) is 0 Å². The van der Waals surface area contributed by atoms with Gasteiger partial charge in [0.15, 0.2) is 0 Å². The number of rotatable bonds is 4. The zero-order valence-electron chi connectivity index (χ0n) is 11.3.